The molecule has 0 heterocycles. The van der Waals surface area contributed by atoms with E-state index in [-0.39, 0.29) is 0 Å². The molecule has 0 aliphatic rings. The Bertz CT molecular complexity index is 242. The van der Waals surface area contributed by atoms with E-state index in [9.17, 15) is 0 Å². The second-order valence-corrected chi connectivity index (χ2v) is 5.54. The highest BCUT2D eigenvalue weighted by Gasteiger charge is 2.24. The maximum Gasteiger partial charge on any atom is 0.277 e. The number of thioether (sulfide) groups is 1. The zero-order valence-electron chi connectivity index (χ0n) is 7.84. The maximum atomic E-state index is 6.91. The van der Waals surface area contributed by atoms with E-state index in [1.807, 2.05) is 33.8 Å². The molecule has 0 aromatic rings. The van der Waals surface area contributed by atoms with Gasteiger partial charge in [-0.3, -0.25) is 4.85 Å². The van der Waals surface area contributed by atoms with Gasteiger partial charge in [-0.2, -0.15) is 0 Å². The van der Waals surface area contributed by atoms with E-state index in [4.69, 9.17) is 18.8 Å². The summed E-state index contributed by atoms with van der Waals surface area (Å²) in [5, 5.41) is 0. The summed E-state index contributed by atoms with van der Waals surface area (Å²) in [6, 6.07) is 0. The van der Waals surface area contributed by atoms with Gasteiger partial charge in [0.1, 0.15) is 0 Å². The third-order valence-corrected chi connectivity index (χ3v) is 2.30. The maximum absolute atomic E-state index is 6.91. The summed E-state index contributed by atoms with van der Waals surface area (Å²) in [5.74, 6) is 0. The molecule has 0 amide bonds. The zero-order chi connectivity index (χ0) is 9.78. The molecule has 0 aliphatic heterocycles. The van der Waals surface area contributed by atoms with Crippen molar-refractivity contribution < 1.29 is 0 Å². The van der Waals surface area contributed by atoms with Gasteiger partial charge in [0.2, 0.25) is 0 Å². The standard InChI is InChI=1S/C9H13NS2/c1-7(2)6-8(11)12-9(3,4)10-5/h6H,1-4H3. The van der Waals surface area contributed by atoms with Crippen molar-refractivity contribution in [2.45, 2.75) is 32.6 Å². The topological polar surface area (TPSA) is 4.36 Å². The van der Waals surface area contributed by atoms with Gasteiger partial charge in [-0.05, 0) is 31.7 Å². The third-order valence-electron chi connectivity index (χ3n) is 1.03. The molecule has 0 rings (SSSR count). The first-order valence-corrected chi connectivity index (χ1v) is 4.86. The van der Waals surface area contributed by atoms with Crippen molar-refractivity contribution in [3.63, 3.8) is 0 Å². The first-order valence-electron chi connectivity index (χ1n) is 3.64. The van der Waals surface area contributed by atoms with E-state index < -0.39 is 4.87 Å². The van der Waals surface area contributed by atoms with Crippen LogP contribution in [-0.2, 0) is 0 Å². The molecule has 0 aromatic heterocycles. The predicted octanol–water partition coefficient (Wildman–Crippen LogP) is 3.67. The van der Waals surface area contributed by atoms with Gasteiger partial charge in [0, 0.05) is 13.8 Å². The van der Waals surface area contributed by atoms with Gasteiger partial charge < -0.3 is 0 Å². The van der Waals surface area contributed by atoms with Gasteiger partial charge in [0.05, 0.1) is 4.20 Å². The van der Waals surface area contributed by atoms with Crippen molar-refractivity contribution >= 4 is 28.2 Å². The summed E-state index contributed by atoms with van der Waals surface area (Å²) in [5.41, 5.74) is 1.17. The molecule has 12 heavy (non-hydrogen) atoms. The molecule has 0 aliphatic carbocycles. The van der Waals surface area contributed by atoms with Crippen molar-refractivity contribution in [3.05, 3.63) is 23.1 Å². The molecule has 3 heteroatoms. The second-order valence-electron chi connectivity index (χ2n) is 3.20. The lowest BCUT2D eigenvalue weighted by Gasteiger charge is -2.08. The average Bonchev–Trinajstić information content (AvgIpc) is 1.84. The van der Waals surface area contributed by atoms with E-state index in [1.54, 1.807) is 0 Å². The number of allylic oxidation sites excluding steroid dienone is 1. The van der Waals surface area contributed by atoms with Crippen LogP contribution >= 0.6 is 24.0 Å². The second kappa shape index (κ2) is 4.64. The summed E-state index contributed by atoms with van der Waals surface area (Å²) in [6.45, 7) is 14.6. The third kappa shape index (κ3) is 5.34. The summed E-state index contributed by atoms with van der Waals surface area (Å²) >= 11 is 6.52. The summed E-state index contributed by atoms with van der Waals surface area (Å²) in [4.78, 5) is 3.04. The summed E-state index contributed by atoms with van der Waals surface area (Å²) in [6.07, 6.45) is 1.92. The molecule has 0 N–H and O–H groups in total. The largest absolute Gasteiger partial charge is 0.299 e. The lowest BCUT2D eigenvalue weighted by Crippen LogP contribution is -2.09. The lowest BCUT2D eigenvalue weighted by atomic mass is 10.3. The molecular weight excluding hydrogens is 186 g/mol. The van der Waals surface area contributed by atoms with Gasteiger partial charge in [-0.1, -0.05) is 17.8 Å². The minimum Gasteiger partial charge on any atom is -0.299 e. The fourth-order valence-electron chi connectivity index (χ4n) is 0.534. The van der Waals surface area contributed by atoms with Crippen LogP contribution in [0, 0.1) is 6.57 Å². The van der Waals surface area contributed by atoms with E-state index in [0.717, 1.165) is 4.20 Å². The number of rotatable bonds is 2. The van der Waals surface area contributed by atoms with Crippen molar-refractivity contribution in [2.24, 2.45) is 0 Å². The van der Waals surface area contributed by atoms with E-state index >= 15 is 0 Å². The van der Waals surface area contributed by atoms with Crippen LogP contribution in [0.3, 0.4) is 0 Å². The highest BCUT2D eigenvalue weighted by atomic mass is 32.2. The van der Waals surface area contributed by atoms with Crippen molar-refractivity contribution in [2.75, 3.05) is 0 Å². The molecule has 66 valence electrons. The van der Waals surface area contributed by atoms with Crippen molar-refractivity contribution in [1.82, 2.24) is 0 Å². The van der Waals surface area contributed by atoms with Crippen molar-refractivity contribution in [3.8, 4) is 0 Å². The van der Waals surface area contributed by atoms with Crippen LogP contribution in [0.5, 0.6) is 0 Å². The van der Waals surface area contributed by atoms with Crippen LogP contribution < -0.4 is 0 Å². The first-order chi connectivity index (χ1) is 5.37. The average molecular weight is 199 g/mol. The van der Waals surface area contributed by atoms with Gasteiger partial charge in [-0.25, -0.2) is 6.57 Å². The van der Waals surface area contributed by atoms with Crippen LogP contribution in [-0.4, -0.2) is 9.07 Å². The molecular formula is C9H13NS2. The zero-order valence-corrected chi connectivity index (χ0v) is 9.47. The Morgan fingerprint density at radius 1 is 1.50 bits per heavy atom. The van der Waals surface area contributed by atoms with Crippen molar-refractivity contribution in [1.29, 1.82) is 0 Å². The summed E-state index contributed by atoms with van der Waals surface area (Å²) in [7, 11) is 0. The molecule has 0 aromatic carbocycles. The molecule has 0 fully saturated rings. The van der Waals surface area contributed by atoms with Crippen LogP contribution in [0.25, 0.3) is 4.85 Å². The van der Waals surface area contributed by atoms with Gasteiger partial charge in [-0.15, -0.1) is 0 Å². The Labute approximate surface area is 84.1 Å². The minimum atomic E-state index is -0.428. The quantitative estimate of drug-likeness (QED) is 0.379. The minimum absolute atomic E-state index is 0.428. The summed E-state index contributed by atoms with van der Waals surface area (Å²) < 4.78 is 0.788. The van der Waals surface area contributed by atoms with Crippen LogP contribution in [0.4, 0.5) is 0 Å². The Morgan fingerprint density at radius 2 is 2.00 bits per heavy atom. The Balaban J connectivity index is 4.23. The number of hydrogen-bond acceptors (Lipinski definition) is 2. The molecule has 0 spiro atoms. The molecule has 0 atom stereocenters. The highest BCUT2D eigenvalue weighted by Crippen LogP contribution is 2.27. The van der Waals surface area contributed by atoms with Gasteiger partial charge in [0.25, 0.3) is 4.87 Å². The predicted molar refractivity (Wildman–Crippen MR) is 60.3 cm³/mol. The number of thiocarbonyl (C=S) groups is 1. The molecule has 0 saturated heterocycles. The molecule has 0 bridgehead atoms. The number of nitrogens with zero attached hydrogens (tertiary/aromatic N) is 1. The Morgan fingerprint density at radius 3 is 2.33 bits per heavy atom. The van der Waals surface area contributed by atoms with Gasteiger partial charge >= 0.3 is 0 Å². The van der Waals surface area contributed by atoms with Crippen LogP contribution in [0.2, 0.25) is 0 Å². The first kappa shape index (κ1) is 11.7. The van der Waals surface area contributed by atoms with E-state index in [0.29, 0.717) is 0 Å². The Hall–Kier alpha value is -0.330. The normalized spacial score (nSPS) is 10.2. The SMILES string of the molecule is [C-]#[N+]C(C)(C)SC(=S)C=C(C)C. The van der Waals surface area contributed by atoms with Gasteiger partial charge in [0.15, 0.2) is 0 Å². The van der Waals surface area contributed by atoms with E-state index in [1.165, 1.54) is 17.3 Å². The molecule has 1 nitrogen and oxygen atoms in total. The lowest BCUT2D eigenvalue weighted by molar-refractivity contribution is 0.899. The van der Waals surface area contributed by atoms with Crippen LogP contribution in [0.1, 0.15) is 27.7 Å². The molecule has 0 radical (unpaired) electrons. The Kier molecular flexibility index (Phi) is 4.51. The van der Waals surface area contributed by atoms with E-state index in [2.05, 4.69) is 4.85 Å². The molecule has 0 unspecified atom stereocenters. The van der Waals surface area contributed by atoms with Crippen LogP contribution in [0.15, 0.2) is 11.6 Å². The monoisotopic (exact) mass is 199 g/mol. The fraction of sp³-hybridized carbons (Fsp3) is 0.556. The smallest absolute Gasteiger partial charge is 0.277 e. The molecule has 0 saturated carbocycles. The number of hydrogen-bond donors (Lipinski definition) is 0. The fourth-order valence-corrected chi connectivity index (χ4v) is 2.21. The highest BCUT2D eigenvalue weighted by molar-refractivity contribution is 8.24.